The molecule has 3 nitrogen and oxygen atoms in total. The molecule has 0 spiro atoms. The van der Waals surface area contributed by atoms with Gasteiger partial charge in [0.15, 0.2) is 0 Å². The number of rotatable bonds is 0. The van der Waals surface area contributed by atoms with Gasteiger partial charge in [0.1, 0.15) is 0 Å². The van der Waals surface area contributed by atoms with E-state index >= 15 is 0 Å². The van der Waals surface area contributed by atoms with Gasteiger partial charge in [0.25, 0.3) is 0 Å². The third kappa shape index (κ3) is 0.639. The van der Waals surface area contributed by atoms with Gasteiger partial charge in [-0.25, -0.2) is 4.98 Å². The van der Waals surface area contributed by atoms with Gasteiger partial charge >= 0.3 is 0 Å². The van der Waals surface area contributed by atoms with Crippen LogP contribution in [0.25, 0.3) is 5.52 Å². The molecule has 2 rings (SSSR count). The largest absolute Gasteiger partial charge is 0.492 e. The highest BCUT2D eigenvalue weighted by Crippen LogP contribution is 2.06. The molecule has 2 aromatic heterocycles. The number of nitrogens with zero attached hydrogens (tertiary/aromatic N) is 2. The lowest BCUT2D eigenvalue weighted by molar-refractivity contribution is 0.450. The maximum Gasteiger partial charge on any atom is 0.228 e. The van der Waals surface area contributed by atoms with Crippen LogP contribution in [0.3, 0.4) is 0 Å². The van der Waals surface area contributed by atoms with Crippen LogP contribution in [0.4, 0.5) is 0 Å². The van der Waals surface area contributed by atoms with Crippen LogP contribution in [-0.4, -0.2) is 14.5 Å². The fourth-order valence-corrected chi connectivity index (χ4v) is 0.924. The topological polar surface area (TPSA) is 37.5 Å². The fraction of sp³-hybridized carbons (Fsp3) is 0. The van der Waals surface area contributed by atoms with Crippen molar-refractivity contribution < 1.29 is 5.11 Å². The van der Waals surface area contributed by atoms with Crippen LogP contribution in [0.5, 0.6) is 5.88 Å². The van der Waals surface area contributed by atoms with Crippen molar-refractivity contribution in [3.05, 3.63) is 30.7 Å². The molecule has 0 saturated heterocycles. The quantitative estimate of drug-likeness (QED) is 0.584. The molecule has 0 aromatic carbocycles. The van der Waals surface area contributed by atoms with Crippen LogP contribution in [0.1, 0.15) is 0 Å². The summed E-state index contributed by atoms with van der Waals surface area (Å²) in [6, 6.07) is 3.82. The minimum atomic E-state index is 0.0451. The summed E-state index contributed by atoms with van der Waals surface area (Å²) in [6.45, 7) is 0. The summed E-state index contributed by atoms with van der Waals surface area (Å²) in [5, 5.41) is 8.92. The van der Waals surface area contributed by atoms with E-state index in [-0.39, 0.29) is 5.88 Å². The second-order valence-corrected chi connectivity index (χ2v) is 2.09. The Morgan fingerprint density at radius 3 is 3.30 bits per heavy atom. The Kier molecular flexibility index (Phi) is 0.917. The first-order valence-electron chi connectivity index (χ1n) is 2.98. The number of aromatic hydroxyl groups is 1. The van der Waals surface area contributed by atoms with Crippen molar-refractivity contribution in [1.29, 1.82) is 0 Å². The molecule has 0 atom stereocenters. The van der Waals surface area contributed by atoms with Crippen LogP contribution >= 0.6 is 0 Å². The average molecular weight is 134 g/mol. The minimum Gasteiger partial charge on any atom is -0.492 e. The molecule has 1 N–H and O–H groups in total. The van der Waals surface area contributed by atoms with Gasteiger partial charge in [0, 0.05) is 6.20 Å². The molecule has 0 aliphatic rings. The molecule has 2 heterocycles. The van der Waals surface area contributed by atoms with Crippen molar-refractivity contribution in [3.63, 3.8) is 0 Å². The Balaban J connectivity index is 2.86. The Morgan fingerprint density at radius 2 is 2.40 bits per heavy atom. The highest BCUT2D eigenvalue weighted by atomic mass is 16.3. The lowest BCUT2D eigenvalue weighted by Crippen LogP contribution is -1.82. The van der Waals surface area contributed by atoms with E-state index in [1.807, 2.05) is 22.7 Å². The lowest BCUT2D eigenvalue weighted by atomic mass is 10.5. The van der Waals surface area contributed by atoms with Crippen LogP contribution in [0.2, 0.25) is 0 Å². The highest BCUT2D eigenvalue weighted by molar-refractivity contribution is 5.45. The van der Waals surface area contributed by atoms with Gasteiger partial charge in [-0.15, -0.1) is 0 Å². The molecule has 0 bridgehead atoms. The summed E-state index contributed by atoms with van der Waals surface area (Å²) < 4.78 is 1.81. The van der Waals surface area contributed by atoms with Gasteiger partial charge in [-0.3, -0.25) is 0 Å². The molecule has 50 valence electrons. The Bertz CT molecular complexity index is 353. The molecule has 0 amide bonds. The minimum absolute atomic E-state index is 0.0451. The molecule has 0 saturated carbocycles. The predicted molar refractivity (Wildman–Crippen MR) is 36.9 cm³/mol. The van der Waals surface area contributed by atoms with Gasteiger partial charge in [0.05, 0.1) is 17.9 Å². The number of hydrogen-bond donors (Lipinski definition) is 1. The van der Waals surface area contributed by atoms with E-state index in [9.17, 15) is 0 Å². The van der Waals surface area contributed by atoms with Crippen LogP contribution < -0.4 is 0 Å². The van der Waals surface area contributed by atoms with Crippen molar-refractivity contribution in [2.75, 3.05) is 0 Å². The molecule has 0 aliphatic carbocycles. The van der Waals surface area contributed by atoms with Crippen LogP contribution in [-0.2, 0) is 0 Å². The summed E-state index contributed by atoms with van der Waals surface area (Å²) in [5.74, 6) is 0.0451. The van der Waals surface area contributed by atoms with E-state index in [0.717, 1.165) is 5.52 Å². The van der Waals surface area contributed by atoms with Crippen LogP contribution in [0.15, 0.2) is 30.7 Å². The molecule has 0 radical (unpaired) electrons. The van der Waals surface area contributed by atoms with E-state index in [2.05, 4.69) is 4.98 Å². The fourth-order valence-electron chi connectivity index (χ4n) is 0.924. The van der Waals surface area contributed by atoms with Crippen molar-refractivity contribution in [2.24, 2.45) is 0 Å². The SMILES string of the molecule is Oc1cn2cccc2cn1. The van der Waals surface area contributed by atoms with Crippen molar-refractivity contribution in [1.82, 2.24) is 9.38 Å². The van der Waals surface area contributed by atoms with E-state index < -0.39 is 0 Å². The summed E-state index contributed by atoms with van der Waals surface area (Å²) in [5.41, 5.74) is 0.984. The highest BCUT2D eigenvalue weighted by Gasteiger charge is 1.91. The predicted octanol–water partition coefficient (Wildman–Crippen LogP) is 1.04. The van der Waals surface area contributed by atoms with Crippen LogP contribution in [0, 0.1) is 0 Å². The maximum absolute atomic E-state index is 8.92. The van der Waals surface area contributed by atoms with Crippen molar-refractivity contribution in [3.8, 4) is 5.88 Å². The van der Waals surface area contributed by atoms with E-state index in [1.165, 1.54) is 0 Å². The molecular formula is C7H6N2O. The van der Waals surface area contributed by atoms with Gasteiger partial charge < -0.3 is 9.51 Å². The third-order valence-electron chi connectivity index (χ3n) is 1.40. The Hall–Kier alpha value is -1.51. The second-order valence-electron chi connectivity index (χ2n) is 2.09. The number of hydrogen-bond acceptors (Lipinski definition) is 2. The summed E-state index contributed by atoms with van der Waals surface area (Å²) in [4.78, 5) is 3.71. The second kappa shape index (κ2) is 1.73. The standard InChI is InChI=1S/C7H6N2O/c10-7-5-9-3-1-2-6(9)4-8-7/h1-5,10H. The van der Waals surface area contributed by atoms with Gasteiger partial charge in [-0.2, -0.15) is 0 Å². The molecular weight excluding hydrogens is 128 g/mol. The van der Waals surface area contributed by atoms with E-state index in [1.54, 1.807) is 12.4 Å². The third-order valence-corrected chi connectivity index (χ3v) is 1.40. The first-order valence-corrected chi connectivity index (χ1v) is 2.98. The first kappa shape index (κ1) is 5.29. The molecule has 0 unspecified atom stereocenters. The Morgan fingerprint density at radius 1 is 1.50 bits per heavy atom. The van der Waals surface area contributed by atoms with Crippen molar-refractivity contribution in [2.45, 2.75) is 0 Å². The van der Waals surface area contributed by atoms with Gasteiger partial charge in [-0.1, -0.05) is 0 Å². The molecule has 0 fully saturated rings. The zero-order valence-corrected chi connectivity index (χ0v) is 5.23. The number of fused-ring (bicyclic) bond motifs is 1. The molecule has 3 heteroatoms. The van der Waals surface area contributed by atoms with E-state index in [0.29, 0.717) is 0 Å². The summed E-state index contributed by atoms with van der Waals surface area (Å²) >= 11 is 0. The monoisotopic (exact) mass is 134 g/mol. The number of aromatic nitrogens is 2. The summed E-state index contributed by atoms with van der Waals surface area (Å²) in [6.07, 6.45) is 5.04. The lowest BCUT2D eigenvalue weighted by Gasteiger charge is -1.92. The molecule has 0 aliphatic heterocycles. The van der Waals surface area contributed by atoms with E-state index in [4.69, 9.17) is 5.11 Å². The van der Waals surface area contributed by atoms with Gasteiger partial charge in [-0.05, 0) is 12.1 Å². The normalized spacial score (nSPS) is 10.4. The Labute approximate surface area is 57.6 Å². The molecule has 2 aromatic rings. The van der Waals surface area contributed by atoms with Crippen molar-refractivity contribution >= 4 is 5.52 Å². The summed E-state index contributed by atoms with van der Waals surface area (Å²) in [7, 11) is 0. The molecule has 10 heavy (non-hydrogen) atoms. The zero-order chi connectivity index (χ0) is 6.97. The first-order chi connectivity index (χ1) is 4.86. The van der Waals surface area contributed by atoms with Gasteiger partial charge in [0.2, 0.25) is 5.88 Å². The zero-order valence-electron chi connectivity index (χ0n) is 5.23. The smallest absolute Gasteiger partial charge is 0.228 e. The maximum atomic E-state index is 8.92. The average Bonchev–Trinajstić information content (AvgIpc) is 2.33.